The lowest BCUT2D eigenvalue weighted by molar-refractivity contribution is 0.165. The van der Waals surface area contributed by atoms with Gasteiger partial charge in [-0.15, -0.1) is 11.8 Å². The molecule has 1 heteroatoms. The SMILES string of the molecule is CC1(Sc2ccccc2)CCC(C(C)(C)C)CC1. The van der Waals surface area contributed by atoms with Crippen molar-refractivity contribution in [1.29, 1.82) is 0 Å². The standard InChI is InChI=1S/C17H26S/c1-16(2,3)14-10-12-17(4,13-11-14)18-15-8-6-5-7-9-15/h5-9,14H,10-13H2,1-4H3. The van der Waals surface area contributed by atoms with Crippen LogP contribution in [0.15, 0.2) is 35.2 Å². The molecule has 0 atom stereocenters. The molecule has 0 bridgehead atoms. The van der Waals surface area contributed by atoms with Crippen LogP contribution < -0.4 is 0 Å². The third kappa shape index (κ3) is 3.54. The van der Waals surface area contributed by atoms with Gasteiger partial charge in [-0.25, -0.2) is 0 Å². The van der Waals surface area contributed by atoms with E-state index in [9.17, 15) is 0 Å². The Morgan fingerprint density at radius 2 is 1.61 bits per heavy atom. The number of benzene rings is 1. The van der Waals surface area contributed by atoms with Crippen LogP contribution in [0, 0.1) is 11.3 Å². The van der Waals surface area contributed by atoms with Gasteiger partial charge < -0.3 is 0 Å². The van der Waals surface area contributed by atoms with Crippen LogP contribution >= 0.6 is 11.8 Å². The maximum Gasteiger partial charge on any atom is 0.0179 e. The van der Waals surface area contributed by atoms with E-state index < -0.39 is 0 Å². The summed E-state index contributed by atoms with van der Waals surface area (Å²) in [5.41, 5.74) is 0.485. The van der Waals surface area contributed by atoms with Crippen molar-refractivity contribution < 1.29 is 0 Å². The van der Waals surface area contributed by atoms with Crippen LogP contribution in [0.4, 0.5) is 0 Å². The van der Waals surface area contributed by atoms with Gasteiger partial charge in [-0.2, -0.15) is 0 Å². The normalized spacial score (nSPS) is 29.2. The Bertz CT molecular complexity index is 366. The highest BCUT2D eigenvalue weighted by Crippen LogP contribution is 2.48. The van der Waals surface area contributed by atoms with E-state index in [1.165, 1.54) is 30.6 Å². The molecule has 0 saturated heterocycles. The summed E-state index contributed by atoms with van der Waals surface area (Å²) in [5, 5.41) is 0. The second kappa shape index (κ2) is 5.28. The average molecular weight is 262 g/mol. The lowest BCUT2D eigenvalue weighted by Gasteiger charge is -2.42. The third-order valence-electron chi connectivity index (χ3n) is 4.38. The van der Waals surface area contributed by atoms with Gasteiger partial charge in [0.25, 0.3) is 0 Å². The van der Waals surface area contributed by atoms with E-state index in [1.807, 2.05) is 0 Å². The second-order valence-corrected chi connectivity index (χ2v) is 8.67. The Morgan fingerprint density at radius 1 is 1.06 bits per heavy atom. The molecule has 0 N–H and O–H groups in total. The predicted octanol–water partition coefficient (Wildman–Crippen LogP) is 5.77. The van der Waals surface area contributed by atoms with E-state index in [0.717, 1.165) is 5.92 Å². The first kappa shape index (κ1) is 14.0. The van der Waals surface area contributed by atoms with E-state index in [-0.39, 0.29) is 0 Å². The molecule has 0 aromatic heterocycles. The molecule has 1 saturated carbocycles. The summed E-state index contributed by atoms with van der Waals surface area (Å²) in [6.07, 6.45) is 5.49. The molecule has 0 radical (unpaired) electrons. The summed E-state index contributed by atoms with van der Waals surface area (Å²) in [6, 6.07) is 10.9. The van der Waals surface area contributed by atoms with Gasteiger partial charge in [-0.05, 0) is 49.1 Å². The molecule has 0 spiro atoms. The van der Waals surface area contributed by atoms with Gasteiger partial charge in [-0.3, -0.25) is 0 Å². The van der Waals surface area contributed by atoms with Crippen LogP contribution in [0.2, 0.25) is 0 Å². The van der Waals surface area contributed by atoms with Crippen LogP contribution in [-0.4, -0.2) is 4.75 Å². The fourth-order valence-electron chi connectivity index (χ4n) is 2.97. The highest BCUT2D eigenvalue weighted by atomic mass is 32.2. The van der Waals surface area contributed by atoms with E-state index in [2.05, 4.69) is 69.8 Å². The fraction of sp³-hybridized carbons (Fsp3) is 0.647. The zero-order chi connectivity index (χ0) is 13.2. The van der Waals surface area contributed by atoms with Crippen LogP contribution in [0.1, 0.15) is 53.4 Å². The zero-order valence-corrected chi connectivity index (χ0v) is 13.0. The van der Waals surface area contributed by atoms with Crippen molar-refractivity contribution in [1.82, 2.24) is 0 Å². The Morgan fingerprint density at radius 3 is 2.11 bits per heavy atom. The quantitative estimate of drug-likeness (QED) is 0.651. The van der Waals surface area contributed by atoms with Gasteiger partial charge in [0.2, 0.25) is 0 Å². The number of rotatable bonds is 2. The number of hydrogen-bond acceptors (Lipinski definition) is 1. The summed E-state index contributed by atoms with van der Waals surface area (Å²) in [7, 11) is 0. The highest BCUT2D eigenvalue weighted by Gasteiger charge is 2.36. The molecule has 0 aliphatic heterocycles. The van der Waals surface area contributed by atoms with Crippen LogP contribution in [-0.2, 0) is 0 Å². The predicted molar refractivity (Wildman–Crippen MR) is 82.1 cm³/mol. The first-order chi connectivity index (χ1) is 8.39. The Balaban J connectivity index is 1.95. The van der Waals surface area contributed by atoms with E-state index in [1.54, 1.807) is 0 Å². The number of thioether (sulfide) groups is 1. The molecule has 1 fully saturated rings. The van der Waals surface area contributed by atoms with Crippen molar-refractivity contribution >= 4 is 11.8 Å². The first-order valence-corrected chi connectivity index (χ1v) is 7.95. The lowest BCUT2D eigenvalue weighted by atomic mass is 9.70. The summed E-state index contributed by atoms with van der Waals surface area (Å²) >= 11 is 2.08. The largest absolute Gasteiger partial charge is 0.120 e. The second-order valence-electron chi connectivity index (χ2n) is 7.01. The molecule has 0 unspecified atom stereocenters. The maximum atomic E-state index is 2.45. The van der Waals surface area contributed by atoms with Crippen molar-refractivity contribution in [3.05, 3.63) is 30.3 Å². The van der Waals surface area contributed by atoms with Gasteiger partial charge in [0, 0.05) is 9.64 Å². The molecule has 2 rings (SSSR count). The van der Waals surface area contributed by atoms with Gasteiger partial charge in [0.1, 0.15) is 0 Å². The van der Waals surface area contributed by atoms with Crippen LogP contribution in [0.25, 0.3) is 0 Å². The molecule has 0 heterocycles. The lowest BCUT2D eigenvalue weighted by Crippen LogP contribution is -2.32. The third-order valence-corrected chi connectivity index (χ3v) is 5.78. The molecule has 1 aromatic carbocycles. The van der Waals surface area contributed by atoms with E-state index >= 15 is 0 Å². The van der Waals surface area contributed by atoms with Crippen molar-refractivity contribution in [2.45, 2.75) is 63.0 Å². The van der Waals surface area contributed by atoms with Crippen molar-refractivity contribution in [3.8, 4) is 0 Å². The highest BCUT2D eigenvalue weighted by molar-refractivity contribution is 8.00. The molecule has 0 amide bonds. The Labute approximate surface area is 117 Å². The Hall–Kier alpha value is -0.430. The number of hydrogen-bond donors (Lipinski definition) is 0. The minimum Gasteiger partial charge on any atom is -0.120 e. The molecule has 100 valence electrons. The molecule has 0 nitrogen and oxygen atoms in total. The van der Waals surface area contributed by atoms with Crippen molar-refractivity contribution in [3.63, 3.8) is 0 Å². The molecule has 1 aromatic rings. The van der Waals surface area contributed by atoms with Crippen molar-refractivity contribution in [2.24, 2.45) is 11.3 Å². The molecular weight excluding hydrogens is 236 g/mol. The van der Waals surface area contributed by atoms with Gasteiger partial charge in [-0.1, -0.05) is 45.9 Å². The Kier molecular flexibility index (Phi) is 4.11. The maximum absolute atomic E-state index is 2.45. The molecule has 1 aliphatic carbocycles. The van der Waals surface area contributed by atoms with Gasteiger partial charge >= 0.3 is 0 Å². The minimum absolute atomic E-state index is 0.448. The van der Waals surface area contributed by atoms with Gasteiger partial charge in [0.15, 0.2) is 0 Å². The summed E-state index contributed by atoms with van der Waals surface area (Å²) < 4.78 is 0.448. The van der Waals surface area contributed by atoms with Crippen LogP contribution in [0.5, 0.6) is 0 Å². The summed E-state index contributed by atoms with van der Waals surface area (Å²) in [5.74, 6) is 0.905. The van der Waals surface area contributed by atoms with Gasteiger partial charge in [0.05, 0.1) is 0 Å². The summed E-state index contributed by atoms with van der Waals surface area (Å²) in [4.78, 5) is 1.43. The monoisotopic (exact) mass is 262 g/mol. The molecule has 1 aliphatic rings. The van der Waals surface area contributed by atoms with E-state index in [0.29, 0.717) is 10.2 Å². The molecular formula is C17H26S. The average Bonchev–Trinajstić information content (AvgIpc) is 2.29. The van der Waals surface area contributed by atoms with Crippen LogP contribution in [0.3, 0.4) is 0 Å². The molecule has 18 heavy (non-hydrogen) atoms. The topological polar surface area (TPSA) is 0 Å². The summed E-state index contributed by atoms with van der Waals surface area (Å²) in [6.45, 7) is 9.63. The van der Waals surface area contributed by atoms with Crippen molar-refractivity contribution in [2.75, 3.05) is 0 Å². The van der Waals surface area contributed by atoms with E-state index in [4.69, 9.17) is 0 Å². The smallest absolute Gasteiger partial charge is 0.0179 e. The first-order valence-electron chi connectivity index (χ1n) is 7.13. The fourth-order valence-corrected chi connectivity index (χ4v) is 4.27. The minimum atomic E-state index is 0.448. The zero-order valence-electron chi connectivity index (χ0n) is 12.2.